The number of thiazole rings is 4. The molecule has 23 nitrogen and oxygen atoms in total. The molecule has 0 amide bonds. The van der Waals surface area contributed by atoms with E-state index >= 15 is 0 Å². The molecule has 0 bridgehead atoms. The van der Waals surface area contributed by atoms with Crippen LogP contribution in [0.2, 0.25) is 0 Å². The van der Waals surface area contributed by atoms with Crippen molar-refractivity contribution in [1.29, 1.82) is 0 Å². The van der Waals surface area contributed by atoms with Gasteiger partial charge in [0.15, 0.2) is 33.9 Å². The third kappa shape index (κ3) is 18.8. The normalized spacial score (nSPS) is 11.1. The molecule has 0 N–H and O–H groups in total. The molecule has 0 unspecified atom stereocenters. The smallest absolute Gasteiger partial charge is 0.199 e. The minimum atomic E-state index is 0.658. The Morgan fingerprint density at radius 1 is 0.250 bits per heavy atom. The highest BCUT2D eigenvalue weighted by atomic mass is 32.1. The van der Waals surface area contributed by atoms with E-state index in [1.54, 1.807) is 45.3 Å². The molecule has 0 atom stereocenters. The summed E-state index contributed by atoms with van der Waals surface area (Å²) in [7, 11) is 7.88. The Morgan fingerprint density at radius 3 is 0.968 bits per heavy atom. The number of hydrogen-bond acceptors (Lipinski definition) is 23. The van der Waals surface area contributed by atoms with Crippen molar-refractivity contribution in [2.24, 2.45) is 28.2 Å². The topological polar surface area (TPSA) is 265 Å². The summed E-state index contributed by atoms with van der Waals surface area (Å²) in [4.78, 5) is 84.9. The lowest BCUT2D eigenvalue weighted by molar-refractivity contribution is 0.858. The molecule has 21 rings (SSSR count). The number of aromatic nitrogens is 23. The second kappa shape index (κ2) is 36.6. The van der Waals surface area contributed by atoms with Crippen LogP contribution in [-0.2, 0) is 28.2 Å². The standard InChI is InChI=1S/C16H16N2.2C12H12N2S2.3C12H12N2.C11H13N5.C10H12N6/c1-9-7-13-5-6-14-8-10(2)12(4)18-16(14)15(13)17-11(9)3;1-5-9-12(16-7(3)13-9)6(2)10-11(5)15-8(4)14-10;1-5-9-11(15-7(3)13-9)6(2)12-10(5)14-8(4)16-12;1-9-3-5-13-11(7-9)12-8-10(2)4-6-14-12;1-9-3-5-11(13-7-9)12-6-4-10(2)8-14-12;1-9-5-3-7-11(13-9)12-8-4-6-10(2)14-12;1-6-12-10-8(15(6)3)5-9-11(14-10)13-7(2)16(9)4;1-5-11-7-9(15(5)3)14-10-8(13-7)12-6(2)16(10)4/h5-8H,1-4H3;2*1-4H3;3*3-8H,1-2H3;5H,1-4H3;1-4H3. The SMILES string of the molecule is Cc1cc2ccc3cc(C)c(C)nc3c2nc1C.Cc1ccc(-c2ccc(C)cn2)nc1.Cc1cccc(-c2cccc(C)n2)n1.Cc1ccnc(-c2cc(C)ccn2)c1.Cc1nc2c(C)c3nc(C)sc3c(C)c2s1.Cc1nc2c(C)c3sc(C)nc3c(C)c2s1.Cc1nc2nc3nc(C)n(C)c3cc2n1C.Cc1nc2nc3nc(C)n(C)c3nc2n1C. The molecule has 0 aliphatic rings. The molecule has 0 fully saturated rings. The fraction of sp³-hybridized carbons (Fsp3) is 0.268. The lowest BCUT2D eigenvalue weighted by Crippen LogP contribution is -1.96. The van der Waals surface area contributed by atoms with Crippen molar-refractivity contribution in [3.63, 3.8) is 0 Å². The van der Waals surface area contributed by atoms with Crippen LogP contribution < -0.4 is 0 Å². The summed E-state index contributed by atoms with van der Waals surface area (Å²) in [6.07, 6.45) is 7.34. The van der Waals surface area contributed by atoms with Crippen LogP contribution in [0, 0.1) is 152 Å². The van der Waals surface area contributed by atoms with Crippen LogP contribution in [0.4, 0.5) is 0 Å². The number of imidazole rings is 4. The third-order valence-corrected chi connectivity index (χ3v) is 26.1. The van der Waals surface area contributed by atoms with Gasteiger partial charge in [-0.3, -0.25) is 39.9 Å². The Hall–Kier alpha value is -13.0. The zero-order chi connectivity index (χ0) is 88.5. The van der Waals surface area contributed by atoms with Gasteiger partial charge in [-0.25, -0.2) is 54.8 Å². The molecule has 18 aromatic heterocycles. The van der Waals surface area contributed by atoms with Crippen LogP contribution in [-0.4, -0.2) is 113 Å². The van der Waals surface area contributed by atoms with Gasteiger partial charge in [-0.05, 0) is 281 Å². The number of nitrogens with zero attached hydrogens (tertiary/aromatic N) is 23. The maximum absolute atomic E-state index is 4.71. The van der Waals surface area contributed by atoms with Crippen LogP contribution in [0.1, 0.15) is 122 Å². The molecule has 0 radical (unpaired) electrons. The first kappa shape index (κ1) is 87.4. The van der Waals surface area contributed by atoms with E-state index in [0.29, 0.717) is 11.3 Å². The fourth-order valence-electron chi connectivity index (χ4n) is 14.1. The van der Waals surface area contributed by atoms with Crippen molar-refractivity contribution < 1.29 is 0 Å². The first-order valence-electron chi connectivity index (χ1n) is 40.8. The summed E-state index contributed by atoms with van der Waals surface area (Å²) < 4.78 is 13.2. The largest absolute Gasteiger partial charge is 0.330 e. The predicted octanol–water partition coefficient (Wildman–Crippen LogP) is 22.9. The van der Waals surface area contributed by atoms with Gasteiger partial charge in [-0.15, -0.1) is 45.3 Å². The molecular formula is C97H101N23S4. The Kier molecular flexibility index (Phi) is 25.8. The van der Waals surface area contributed by atoms with Gasteiger partial charge in [0.05, 0.1) is 117 Å². The molecule has 0 saturated carbocycles. The van der Waals surface area contributed by atoms with Crippen molar-refractivity contribution in [2.45, 2.75) is 152 Å². The summed E-state index contributed by atoms with van der Waals surface area (Å²) >= 11 is 7.11. The van der Waals surface area contributed by atoms with E-state index in [1.165, 1.54) is 85.2 Å². The zero-order valence-corrected chi connectivity index (χ0v) is 78.5. The van der Waals surface area contributed by atoms with Gasteiger partial charge in [-0.2, -0.15) is 0 Å². The molecule has 3 aromatic carbocycles. The Labute approximate surface area is 737 Å². The third-order valence-electron chi connectivity index (χ3n) is 21.7. The van der Waals surface area contributed by atoms with Gasteiger partial charge in [0.1, 0.15) is 23.3 Å². The Balaban J connectivity index is 0.000000115. The van der Waals surface area contributed by atoms with E-state index in [2.05, 4.69) is 212 Å². The first-order chi connectivity index (χ1) is 59.1. The highest BCUT2D eigenvalue weighted by Gasteiger charge is 2.20. The predicted molar refractivity (Wildman–Crippen MR) is 513 cm³/mol. The van der Waals surface area contributed by atoms with Crippen LogP contribution in [0.5, 0.6) is 0 Å². The highest BCUT2D eigenvalue weighted by Crippen LogP contribution is 2.40. The molecule has 124 heavy (non-hydrogen) atoms. The molecule has 27 heteroatoms. The van der Waals surface area contributed by atoms with E-state index in [-0.39, 0.29) is 0 Å². The summed E-state index contributed by atoms with van der Waals surface area (Å²) in [5, 5.41) is 6.88. The van der Waals surface area contributed by atoms with Crippen molar-refractivity contribution in [3.8, 4) is 34.2 Å². The van der Waals surface area contributed by atoms with E-state index in [9.17, 15) is 0 Å². The number of hydrogen-bond donors (Lipinski definition) is 0. The first-order valence-corrected chi connectivity index (χ1v) is 44.0. The zero-order valence-electron chi connectivity index (χ0n) is 75.2. The van der Waals surface area contributed by atoms with Crippen LogP contribution in [0.25, 0.3) is 142 Å². The molecule has 0 aliphatic carbocycles. The Bertz CT molecular complexity index is 6710. The summed E-state index contributed by atoms with van der Waals surface area (Å²) in [5.41, 5.74) is 35.3. The number of fused-ring (bicyclic) bond motifs is 11. The van der Waals surface area contributed by atoms with E-state index in [4.69, 9.17) is 9.97 Å². The maximum atomic E-state index is 4.71. The van der Waals surface area contributed by atoms with Gasteiger partial charge in [0.2, 0.25) is 0 Å². The van der Waals surface area contributed by atoms with Gasteiger partial charge >= 0.3 is 0 Å². The lowest BCUT2D eigenvalue weighted by Gasteiger charge is -2.08. The summed E-state index contributed by atoms with van der Waals surface area (Å²) in [6.45, 7) is 45.1. The minimum absolute atomic E-state index is 0.658. The van der Waals surface area contributed by atoms with Gasteiger partial charge in [0, 0.05) is 92.1 Å². The summed E-state index contributed by atoms with van der Waals surface area (Å²) in [5.74, 6) is 3.74. The lowest BCUT2D eigenvalue weighted by atomic mass is 10.1. The molecule has 0 aliphatic heterocycles. The molecule has 18 heterocycles. The van der Waals surface area contributed by atoms with E-state index < -0.39 is 0 Å². The molecule has 21 aromatic rings. The van der Waals surface area contributed by atoms with Crippen LogP contribution >= 0.6 is 45.3 Å². The van der Waals surface area contributed by atoms with Crippen molar-refractivity contribution in [1.82, 2.24) is 113 Å². The monoisotopic (exact) mass is 1720 g/mol. The Morgan fingerprint density at radius 2 is 0.605 bits per heavy atom. The van der Waals surface area contributed by atoms with Crippen molar-refractivity contribution in [3.05, 3.63) is 262 Å². The molecule has 0 saturated heterocycles. The number of aryl methyl sites for hydroxylation is 26. The number of pyridine rings is 9. The molecular weight excluding hydrogens is 1620 g/mol. The number of rotatable bonds is 3. The minimum Gasteiger partial charge on any atom is -0.330 e. The molecule has 628 valence electrons. The van der Waals surface area contributed by atoms with Crippen LogP contribution in [0.15, 0.2) is 140 Å². The second-order valence-corrected chi connectivity index (χ2v) is 36.2. The highest BCUT2D eigenvalue weighted by molar-refractivity contribution is 7.21. The van der Waals surface area contributed by atoms with E-state index in [0.717, 1.165) is 167 Å². The average molecular weight is 1720 g/mol. The second-order valence-electron chi connectivity index (χ2n) is 31.4. The quantitative estimate of drug-likeness (QED) is 0.149. The van der Waals surface area contributed by atoms with Crippen LogP contribution in [0.3, 0.4) is 0 Å². The van der Waals surface area contributed by atoms with Gasteiger partial charge < -0.3 is 18.3 Å². The molecule has 0 spiro atoms. The van der Waals surface area contributed by atoms with Crippen molar-refractivity contribution >= 4 is 153 Å². The fourth-order valence-corrected chi connectivity index (χ4v) is 18.1. The van der Waals surface area contributed by atoms with Gasteiger partial charge in [-0.1, -0.05) is 36.4 Å². The maximum Gasteiger partial charge on any atom is 0.199 e. The van der Waals surface area contributed by atoms with Crippen molar-refractivity contribution in [2.75, 3.05) is 0 Å². The number of benzene rings is 3. The van der Waals surface area contributed by atoms with Gasteiger partial charge in [0.25, 0.3) is 0 Å². The van der Waals surface area contributed by atoms with E-state index in [1.807, 2.05) is 212 Å². The summed E-state index contributed by atoms with van der Waals surface area (Å²) in [6, 6.07) is 38.8. The average Bonchev–Trinajstić information content (AvgIpc) is 1.55.